The summed E-state index contributed by atoms with van der Waals surface area (Å²) in [5, 5.41) is 0. The van der Waals surface area contributed by atoms with Crippen molar-refractivity contribution in [1.29, 1.82) is 0 Å². The Morgan fingerprint density at radius 3 is 2.42 bits per heavy atom. The number of carbonyl (C=O) groups is 1. The van der Waals surface area contributed by atoms with Crippen molar-refractivity contribution in [2.24, 2.45) is 0 Å². The Bertz CT molecular complexity index is 190. The van der Waals surface area contributed by atoms with Crippen molar-refractivity contribution in [2.75, 3.05) is 20.2 Å². The molecule has 0 unspecified atom stereocenters. The van der Waals surface area contributed by atoms with Gasteiger partial charge in [-0.15, -0.1) is 0 Å². The van der Waals surface area contributed by atoms with E-state index in [-0.39, 0.29) is 13.1 Å². The minimum atomic E-state index is -2.90. The third-order valence-corrected chi connectivity index (χ3v) is 2.04. The molecule has 1 aliphatic heterocycles. The second-order valence-corrected chi connectivity index (χ2v) is 3.15. The number of halogens is 2. The van der Waals surface area contributed by atoms with Gasteiger partial charge >= 0.3 is 6.43 Å². The predicted octanol–water partition coefficient (Wildman–Crippen LogP) is 0.499. The van der Waals surface area contributed by atoms with Gasteiger partial charge < -0.3 is 9.64 Å². The Morgan fingerprint density at radius 2 is 2.08 bits per heavy atom. The zero-order valence-corrected chi connectivity index (χ0v) is 7.01. The van der Waals surface area contributed by atoms with Crippen molar-refractivity contribution in [1.82, 2.24) is 4.90 Å². The summed E-state index contributed by atoms with van der Waals surface area (Å²) in [6, 6.07) is 0. The Morgan fingerprint density at radius 1 is 1.58 bits per heavy atom. The van der Waals surface area contributed by atoms with E-state index < -0.39 is 17.9 Å². The van der Waals surface area contributed by atoms with Gasteiger partial charge in [0.1, 0.15) is 0 Å². The fourth-order valence-electron chi connectivity index (χ4n) is 1.18. The zero-order valence-electron chi connectivity index (χ0n) is 7.01. The van der Waals surface area contributed by atoms with Crippen molar-refractivity contribution < 1.29 is 18.3 Å². The molecule has 0 bridgehead atoms. The van der Waals surface area contributed by atoms with Crippen LogP contribution in [0.15, 0.2) is 0 Å². The molecular weight excluding hydrogens is 168 g/mol. The SMILES string of the molecule is COC1(C)CN(C(=O)C(F)F)C1. The number of hydrogen-bond acceptors (Lipinski definition) is 2. The highest BCUT2D eigenvalue weighted by molar-refractivity contribution is 5.80. The van der Waals surface area contributed by atoms with Crippen LogP contribution in [0, 0.1) is 0 Å². The van der Waals surface area contributed by atoms with Gasteiger partial charge in [0.25, 0.3) is 5.91 Å². The molecule has 5 heteroatoms. The van der Waals surface area contributed by atoms with Gasteiger partial charge in [0.2, 0.25) is 0 Å². The quantitative estimate of drug-likeness (QED) is 0.617. The van der Waals surface area contributed by atoms with Gasteiger partial charge in [-0.1, -0.05) is 0 Å². The molecule has 0 radical (unpaired) electrons. The number of amides is 1. The van der Waals surface area contributed by atoms with Gasteiger partial charge in [-0.2, -0.15) is 8.78 Å². The highest BCUT2D eigenvalue weighted by Gasteiger charge is 2.43. The molecule has 0 aromatic carbocycles. The maximum atomic E-state index is 11.8. The normalized spacial score (nSPS) is 20.9. The molecule has 0 N–H and O–H groups in total. The van der Waals surface area contributed by atoms with Gasteiger partial charge in [-0.05, 0) is 6.92 Å². The van der Waals surface area contributed by atoms with E-state index in [2.05, 4.69) is 0 Å². The van der Waals surface area contributed by atoms with Crippen LogP contribution in [0.1, 0.15) is 6.92 Å². The highest BCUT2D eigenvalue weighted by atomic mass is 19.3. The lowest BCUT2D eigenvalue weighted by molar-refractivity contribution is -0.168. The van der Waals surface area contributed by atoms with Gasteiger partial charge in [0.15, 0.2) is 0 Å². The molecule has 0 atom stereocenters. The lowest BCUT2D eigenvalue weighted by Gasteiger charge is -2.46. The summed E-state index contributed by atoms with van der Waals surface area (Å²) in [7, 11) is 1.50. The molecule has 70 valence electrons. The fraction of sp³-hybridized carbons (Fsp3) is 0.857. The van der Waals surface area contributed by atoms with E-state index in [1.165, 1.54) is 7.11 Å². The molecule has 1 amide bonds. The Labute approximate surface area is 69.3 Å². The first kappa shape index (κ1) is 9.38. The summed E-state index contributed by atoms with van der Waals surface area (Å²) >= 11 is 0. The van der Waals surface area contributed by atoms with Gasteiger partial charge in [-0.3, -0.25) is 4.79 Å². The van der Waals surface area contributed by atoms with Crippen LogP contribution >= 0.6 is 0 Å². The van der Waals surface area contributed by atoms with Crippen molar-refractivity contribution >= 4 is 5.91 Å². The van der Waals surface area contributed by atoms with Crippen molar-refractivity contribution in [2.45, 2.75) is 19.0 Å². The third-order valence-electron chi connectivity index (χ3n) is 2.04. The Kier molecular flexibility index (Phi) is 2.32. The molecule has 0 aromatic rings. The standard InChI is InChI=1S/C7H11F2NO2/c1-7(12-2)3-10(4-7)6(11)5(8)9/h5H,3-4H2,1-2H3. The molecule has 0 aromatic heterocycles. The first-order chi connectivity index (χ1) is 5.48. The van der Waals surface area contributed by atoms with Crippen LogP contribution in [0.2, 0.25) is 0 Å². The van der Waals surface area contributed by atoms with E-state index in [1.54, 1.807) is 6.92 Å². The first-order valence-electron chi connectivity index (χ1n) is 3.60. The fourth-order valence-corrected chi connectivity index (χ4v) is 1.18. The number of rotatable bonds is 2. The van der Waals surface area contributed by atoms with Crippen molar-refractivity contribution in [3.63, 3.8) is 0 Å². The average Bonchev–Trinajstić information content (AvgIpc) is 1.97. The number of ether oxygens (including phenoxy) is 1. The van der Waals surface area contributed by atoms with Crippen molar-refractivity contribution in [3.8, 4) is 0 Å². The maximum absolute atomic E-state index is 11.8. The van der Waals surface area contributed by atoms with Crippen LogP contribution in [0.4, 0.5) is 8.78 Å². The minimum Gasteiger partial charge on any atom is -0.375 e. The molecule has 0 spiro atoms. The van der Waals surface area contributed by atoms with Crippen LogP contribution in [0.3, 0.4) is 0 Å². The molecule has 0 saturated carbocycles. The molecule has 1 heterocycles. The van der Waals surface area contributed by atoms with E-state index in [9.17, 15) is 13.6 Å². The van der Waals surface area contributed by atoms with Crippen LogP contribution in [-0.2, 0) is 9.53 Å². The average molecular weight is 179 g/mol. The summed E-state index contributed by atoms with van der Waals surface area (Å²) in [6.45, 7) is 2.29. The number of alkyl halides is 2. The molecule has 3 nitrogen and oxygen atoms in total. The number of nitrogens with zero attached hydrogens (tertiary/aromatic N) is 1. The summed E-state index contributed by atoms with van der Waals surface area (Å²) in [5.41, 5.74) is -0.426. The molecule has 0 aliphatic carbocycles. The minimum absolute atomic E-state index is 0.257. The Balaban J connectivity index is 2.39. The number of carbonyl (C=O) groups excluding carboxylic acids is 1. The number of hydrogen-bond donors (Lipinski definition) is 0. The second kappa shape index (κ2) is 2.97. The smallest absolute Gasteiger partial charge is 0.315 e. The molecule has 1 saturated heterocycles. The number of likely N-dealkylation sites (tertiary alicyclic amines) is 1. The second-order valence-electron chi connectivity index (χ2n) is 3.15. The first-order valence-corrected chi connectivity index (χ1v) is 3.60. The van der Waals surface area contributed by atoms with E-state index in [4.69, 9.17) is 4.74 Å². The summed E-state index contributed by atoms with van der Waals surface area (Å²) in [5.74, 6) is -1.11. The Hall–Kier alpha value is -0.710. The summed E-state index contributed by atoms with van der Waals surface area (Å²) in [6.07, 6.45) is -2.90. The van der Waals surface area contributed by atoms with Crippen LogP contribution in [0.5, 0.6) is 0 Å². The van der Waals surface area contributed by atoms with Gasteiger partial charge in [0, 0.05) is 7.11 Å². The lowest BCUT2D eigenvalue weighted by atomic mass is 9.96. The topological polar surface area (TPSA) is 29.5 Å². The molecule has 12 heavy (non-hydrogen) atoms. The van der Waals surface area contributed by atoms with Crippen LogP contribution in [-0.4, -0.2) is 43.0 Å². The monoisotopic (exact) mass is 179 g/mol. The van der Waals surface area contributed by atoms with Gasteiger partial charge in [-0.25, -0.2) is 0 Å². The summed E-state index contributed by atoms with van der Waals surface area (Å²) < 4.78 is 28.6. The third kappa shape index (κ3) is 1.55. The maximum Gasteiger partial charge on any atom is 0.315 e. The zero-order chi connectivity index (χ0) is 9.35. The van der Waals surface area contributed by atoms with Crippen molar-refractivity contribution in [3.05, 3.63) is 0 Å². The molecular formula is C7H11F2NO2. The highest BCUT2D eigenvalue weighted by Crippen LogP contribution is 2.24. The molecule has 1 rings (SSSR count). The lowest BCUT2D eigenvalue weighted by Crippen LogP contribution is -2.63. The van der Waals surface area contributed by atoms with E-state index in [1.807, 2.05) is 0 Å². The van der Waals surface area contributed by atoms with Crippen LogP contribution in [0.25, 0.3) is 0 Å². The molecule has 1 fully saturated rings. The summed E-state index contributed by atoms with van der Waals surface area (Å²) in [4.78, 5) is 11.7. The van der Waals surface area contributed by atoms with E-state index in [0.29, 0.717) is 0 Å². The molecule has 1 aliphatic rings. The predicted molar refractivity (Wildman–Crippen MR) is 38.0 cm³/mol. The number of methoxy groups -OCH3 is 1. The van der Waals surface area contributed by atoms with E-state index in [0.717, 1.165) is 4.90 Å². The van der Waals surface area contributed by atoms with E-state index >= 15 is 0 Å². The van der Waals surface area contributed by atoms with Crippen LogP contribution < -0.4 is 0 Å². The largest absolute Gasteiger partial charge is 0.375 e. The van der Waals surface area contributed by atoms with Gasteiger partial charge in [0.05, 0.1) is 18.7 Å².